The summed E-state index contributed by atoms with van der Waals surface area (Å²) in [5.41, 5.74) is 1.19. The smallest absolute Gasteiger partial charge is 0.161 e. The van der Waals surface area contributed by atoms with Crippen molar-refractivity contribution in [2.24, 2.45) is 0 Å². The van der Waals surface area contributed by atoms with Crippen molar-refractivity contribution in [1.29, 1.82) is 0 Å². The Morgan fingerprint density at radius 3 is 2.58 bits per heavy atom. The minimum absolute atomic E-state index is 0.765. The third-order valence-electron chi connectivity index (χ3n) is 3.07. The SMILES string of the molecule is CCNCCCCCCOc1ccc(C)cc1OC. The molecule has 0 saturated heterocycles. The highest BCUT2D eigenvalue weighted by Crippen LogP contribution is 2.27. The lowest BCUT2D eigenvalue weighted by Crippen LogP contribution is -2.13. The lowest BCUT2D eigenvalue weighted by molar-refractivity contribution is 0.284. The van der Waals surface area contributed by atoms with Crippen molar-refractivity contribution in [3.05, 3.63) is 23.8 Å². The van der Waals surface area contributed by atoms with Gasteiger partial charge in [-0.2, -0.15) is 0 Å². The zero-order valence-electron chi connectivity index (χ0n) is 12.5. The van der Waals surface area contributed by atoms with Gasteiger partial charge in [-0.15, -0.1) is 0 Å². The van der Waals surface area contributed by atoms with Crippen LogP contribution in [-0.4, -0.2) is 26.8 Å². The summed E-state index contributed by atoms with van der Waals surface area (Å²) in [6.07, 6.45) is 4.84. The lowest BCUT2D eigenvalue weighted by Gasteiger charge is -2.11. The van der Waals surface area contributed by atoms with Gasteiger partial charge in [0.15, 0.2) is 11.5 Å². The van der Waals surface area contributed by atoms with Crippen LogP contribution in [0.2, 0.25) is 0 Å². The van der Waals surface area contributed by atoms with E-state index in [2.05, 4.69) is 19.2 Å². The lowest BCUT2D eigenvalue weighted by atomic mass is 10.2. The fraction of sp³-hybridized carbons (Fsp3) is 0.625. The first-order valence-corrected chi connectivity index (χ1v) is 7.26. The zero-order valence-corrected chi connectivity index (χ0v) is 12.5. The summed E-state index contributed by atoms with van der Waals surface area (Å²) in [7, 11) is 1.68. The van der Waals surface area contributed by atoms with Gasteiger partial charge < -0.3 is 14.8 Å². The third-order valence-corrected chi connectivity index (χ3v) is 3.07. The van der Waals surface area contributed by atoms with Crippen LogP contribution in [-0.2, 0) is 0 Å². The van der Waals surface area contributed by atoms with Crippen molar-refractivity contribution in [2.75, 3.05) is 26.8 Å². The first kappa shape index (κ1) is 15.8. The molecule has 1 aromatic carbocycles. The maximum Gasteiger partial charge on any atom is 0.161 e. The van der Waals surface area contributed by atoms with Gasteiger partial charge in [-0.05, 0) is 50.6 Å². The molecule has 0 fully saturated rings. The predicted octanol–water partition coefficient (Wildman–Crippen LogP) is 3.55. The number of rotatable bonds is 10. The van der Waals surface area contributed by atoms with Crippen molar-refractivity contribution in [3.63, 3.8) is 0 Å². The number of nitrogens with one attached hydrogen (secondary N) is 1. The average Bonchev–Trinajstić information content (AvgIpc) is 2.43. The Kier molecular flexibility index (Phi) is 8.07. The molecule has 0 aromatic heterocycles. The quantitative estimate of drug-likeness (QED) is 0.656. The molecule has 0 aliphatic heterocycles. The Balaban J connectivity index is 2.15. The number of methoxy groups -OCH3 is 1. The Bertz CT molecular complexity index is 353. The minimum atomic E-state index is 0.765. The standard InChI is InChI=1S/C16H27NO2/c1-4-17-11-7-5-6-8-12-19-15-10-9-14(2)13-16(15)18-3/h9-10,13,17H,4-8,11-12H2,1-3H3. The first-order valence-electron chi connectivity index (χ1n) is 7.26. The van der Waals surface area contributed by atoms with Crippen molar-refractivity contribution >= 4 is 0 Å². The Labute approximate surface area is 117 Å². The van der Waals surface area contributed by atoms with Crippen molar-refractivity contribution in [1.82, 2.24) is 5.32 Å². The molecule has 1 N–H and O–H groups in total. The highest BCUT2D eigenvalue weighted by molar-refractivity contribution is 5.42. The van der Waals surface area contributed by atoms with Crippen molar-refractivity contribution < 1.29 is 9.47 Å². The number of hydrogen-bond acceptors (Lipinski definition) is 3. The van der Waals surface area contributed by atoms with Crippen LogP contribution < -0.4 is 14.8 Å². The molecule has 0 bridgehead atoms. The van der Waals surface area contributed by atoms with E-state index in [1.54, 1.807) is 7.11 Å². The molecule has 108 valence electrons. The first-order chi connectivity index (χ1) is 9.27. The molecule has 0 amide bonds. The van der Waals surface area contributed by atoms with E-state index >= 15 is 0 Å². The van der Waals surface area contributed by atoms with Gasteiger partial charge in [0.2, 0.25) is 0 Å². The van der Waals surface area contributed by atoms with Crippen LogP contribution in [0.5, 0.6) is 11.5 Å². The Morgan fingerprint density at radius 1 is 1.05 bits per heavy atom. The topological polar surface area (TPSA) is 30.5 Å². The largest absolute Gasteiger partial charge is 0.493 e. The molecule has 0 unspecified atom stereocenters. The molecule has 0 radical (unpaired) electrons. The molecule has 0 aliphatic carbocycles. The van der Waals surface area contributed by atoms with Crippen LogP contribution in [0.3, 0.4) is 0 Å². The van der Waals surface area contributed by atoms with Gasteiger partial charge in [-0.25, -0.2) is 0 Å². The van der Waals surface area contributed by atoms with E-state index < -0.39 is 0 Å². The Hall–Kier alpha value is -1.22. The van der Waals surface area contributed by atoms with Crippen molar-refractivity contribution in [2.45, 2.75) is 39.5 Å². The number of ether oxygens (including phenoxy) is 2. The average molecular weight is 265 g/mol. The highest BCUT2D eigenvalue weighted by Gasteiger charge is 2.03. The second-order valence-corrected chi connectivity index (χ2v) is 4.77. The van der Waals surface area contributed by atoms with E-state index in [0.29, 0.717) is 0 Å². The van der Waals surface area contributed by atoms with E-state index in [1.807, 2.05) is 18.2 Å². The third kappa shape index (κ3) is 6.48. The van der Waals surface area contributed by atoms with Crippen LogP contribution >= 0.6 is 0 Å². The van der Waals surface area contributed by atoms with Crippen LogP contribution in [0.4, 0.5) is 0 Å². The summed E-state index contributed by atoms with van der Waals surface area (Å²) in [5.74, 6) is 1.67. The second-order valence-electron chi connectivity index (χ2n) is 4.77. The van der Waals surface area contributed by atoms with E-state index in [9.17, 15) is 0 Å². The Morgan fingerprint density at radius 2 is 1.84 bits per heavy atom. The minimum Gasteiger partial charge on any atom is -0.493 e. The predicted molar refractivity (Wildman–Crippen MR) is 80.2 cm³/mol. The summed E-state index contributed by atoms with van der Waals surface area (Å²) in [4.78, 5) is 0. The molecule has 19 heavy (non-hydrogen) atoms. The molecule has 0 saturated carbocycles. The molecular formula is C16H27NO2. The van der Waals surface area contributed by atoms with E-state index in [1.165, 1.54) is 24.8 Å². The van der Waals surface area contributed by atoms with Crippen LogP contribution in [0.15, 0.2) is 18.2 Å². The van der Waals surface area contributed by atoms with Gasteiger partial charge in [0.1, 0.15) is 0 Å². The fourth-order valence-corrected chi connectivity index (χ4v) is 1.96. The molecule has 1 aromatic rings. The van der Waals surface area contributed by atoms with Gasteiger partial charge >= 0.3 is 0 Å². The molecule has 0 atom stereocenters. The van der Waals surface area contributed by atoms with Crippen LogP contribution in [0, 0.1) is 6.92 Å². The maximum absolute atomic E-state index is 5.77. The number of unbranched alkanes of at least 4 members (excludes halogenated alkanes) is 3. The zero-order chi connectivity index (χ0) is 13.9. The highest BCUT2D eigenvalue weighted by atomic mass is 16.5. The van der Waals surface area contributed by atoms with Gasteiger partial charge in [-0.1, -0.05) is 25.8 Å². The molecule has 0 aliphatic rings. The molecule has 0 heterocycles. The normalized spacial score (nSPS) is 10.5. The summed E-state index contributed by atoms with van der Waals surface area (Å²) in [5, 5.41) is 3.34. The summed E-state index contributed by atoms with van der Waals surface area (Å²) >= 11 is 0. The molecule has 0 spiro atoms. The number of hydrogen-bond donors (Lipinski definition) is 1. The van der Waals surface area contributed by atoms with E-state index in [0.717, 1.165) is 37.6 Å². The van der Waals surface area contributed by atoms with E-state index in [4.69, 9.17) is 9.47 Å². The summed E-state index contributed by atoms with van der Waals surface area (Å²) in [6, 6.07) is 6.04. The second kappa shape index (κ2) is 9.68. The molecule has 3 heteroatoms. The van der Waals surface area contributed by atoms with E-state index in [-0.39, 0.29) is 0 Å². The van der Waals surface area contributed by atoms with Crippen molar-refractivity contribution in [3.8, 4) is 11.5 Å². The van der Waals surface area contributed by atoms with Gasteiger partial charge in [0.25, 0.3) is 0 Å². The molecular weight excluding hydrogens is 238 g/mol. The van der Waals surface area contributed by atoms with Gasteiger partial charge in [0, 0.05) is 0 Å². The maximum atomic E-state index is 5.77. The van der Waals surface area contributed by atoms with Crippen LogP contribution in [0.1, 0.15) is 38.2 Å². The van der Waals surface area contributed by atoms with Gasteiger partial charge in [-0.3, -0.25) is 0 Å². The van der Waals surface area contributed by atoms with Gasteiger partial charge in [0.05, 0.1) is 13.7 Å². The number of aryl methyl sites for hydroxylation is 1. The summed E-state index contributed by atoms with van der Waals surface area (Å²) in [6.45, 7) is 7.15. The monoisotopic (exact) mass is 265 g/mol. The fourth-order valence-electron chi connectivity index (χ4n) is 1.96. The summed E-state index contributed by atoms with van der Waals surface area (Å²) < 4.78 is 11.1. The number of benzene rings is 1. The van der Waals surface area contributed by atoms with Crippen LogP contribution in [0.25, 0.3) is 0 Å². The molecule has 1 rings (SSSR count). The molecule has 3 nitrogen and oxygen atoms in total.